The monoisotopic (exact) mass is 412 g/mol. The number of nitrogens with zero attached hydrogens (tertiary/aromatic N) is 2. The van der Waals surface area contributed by atoms with Gasteiger partial charge in [-0.25, -0.2) is 0 Å². The zero-order chi connectivity index (χ0) is 19.3. The van der Waals surface area contributed by atoms with Crippen molar-refractivity contribution in [2.24, 2.45) is 0 Å². The highest BCUT2D eigenvalue weighted by molar-refractivity contribution is 9.10. The summed E-state index contributed by atoms with van der Waals surface area (Å²) in [5.41, 5.74) is 2.26. The number of nitro groups is 1. The Labute approximate surface area is 160 Å². The van der Waals surface area contributed by atoms with Gasteiger partial charge in [-0.15, -0.1) is 0 Å². The Balaban J connectivity index is 2.41. The van der Waals surface area contributed by atoms with Gasteiger partial charge in [0.25, 0.3) is 5.69 Å². The van der Waals surface area contributed by atoms with Crippen molar-refractivity contribution in [2.75, 3.05) is 0 Å². The Morgan fingerprint density at radius 1 is 1.31 bits per heavy atom. The lowest BCUT2D eigenvalue weighted by atomic mass is 9.89. The number of allylic oxidation sites excluding steroid dienone is 1. The number of aryl methyl sites for hydroxylation is 1. The molecule has 26 heavy (non-hydrogen) atoms. The van der Waals surface area contributed by atoms with Crippen LogP contribution >= 0.6 is 15.9 Å². The number of benzene rings is 2. The Bertz CT molecular complexity index is 912. The molecule has 0 saturated heterocycles. The third-order valence-corrected chi connectivity index (χ3v) is 4.53. The minimum absolute atomic E-state index is 0.0944. The quantitative estimate of drug-likeness (QED) is 0.364. The molecular weight excluding hydrogens is 396 g/mol. The van der Waals surface area contributed by atoms with E-state index in [1.54, 1.807) is 25.1 Å². The number of hydrogen-bond acceptors (Lipinski definition) is 4. The summed E-state index contributed by atoms with van der Waals surface area (Å²) in [7, 11) is 0. The van der Waals surface area contributed by atoms with Gasteiger partial charge in [0, 0.05) is 16.1 Å². The fourth-order valence-electron chi connectivity index (χ4n) is 2.62. The molecule has 0 radical (unpaired) electrons. The van der Waals surface area contributed by atoms with E-state index in [1.165, 1.54) is 13.0 Å². The minimum Gasteiger partial charge on any atom is -0.295 e. The summed E-state index contributed by atoms with van der Waals surface area (Å²) in [5.74, 6) is -0.940. The van der Waals surface area contributed by atoms with Crippen LogP contribution in [0, 0.1) is 28.4 Å². The predicted octanol–water partition coefficient (Wildman–Crippen LogP) is 5.34. The molecule has 0 aromatic heterocycles. The molecule has 5 nitrogen and oxygen atoms in total. The molecule has 0 aliphatic rings. The van der Waals surface area contributed by atoms with Gasteiger partial charge in [0.15, 0.2) is 5.78 Å². The average molecular weight is 413 g/mol. The van der Waals surface area contributed by atoms with Gasteiger partial charge in [-0.3, -0.25) is 14.9 Å². The molecule has 0 bridgehead atoms. The first kappa shape index (κ1) is 19.5. The van der Waals surface area contributed by atoms with Crippen LogP contribution in [0.5, 0.6) is 0 Å². The van der Waals surface area contributed by atoms with Crippen LogP contribution in [-0.4, -0.2) is 10.7 Å². The van der Waals surface area contributed by atoms with E-state index < -0.39 is 10.8 Å². The van der Waals surface area contributed by atoms with Gasteiger partial charge in [-0.05, 0) is 55.2 Å². The number of rotatable bonds is 6. The summed E-state index contributed by atoms with van der Waals surface area (Å²) < 4.78 is 0.921. The van der Waals surface area contributed by atoms with Crippen LogP contribution in [0.1, 0.15) is 36.0 Å². The van der Waals surface area contributed by atoms with Gasteiger partial charge in [0.1, 0.15) is 0 Å². The number of halogens is 1. The molecule has 132 valence electrons. The zero-order valence-electron chi connectivity index (χ0n) is 14.4. The van der Waals surface area contributed by atoms with Crippen LogP contribution in [0.25, 0.3) is 6.08 Å². The number of nitro benzene ring substituents is 1. The number of nitriles is 1. The molecule has 2 aromatic carbocycles. The van der Waals surface area contributed by atoms with Gasteiger partial charge in [-0.1, -0.05) is 40.2 Å². The SMILES string of the molecule is CC(=O)/C(=C/c1ccc(Br)cc1)CC(C#N)c1ccc(C)cc1[N+](=O)[O-]. The maximum Gasteiger partial charge on any atom is 0.274 e. The summed E-state index contributed by atoms with van der Waals surface area (Å²) in [6.45, 7) is 3.19. The standard InChI is InChI=1S/C20H17BrN2O3/c1-13-3-8-19(20(9-13)23(25)26)17(12-22)11-16(14(2)24)10-15-4-6-18(21)7-5-15/h3-10,17H,11H2,1-2H3/b16-10+. The van der Waals surface area contributed by atoms with E-state index in [1.807, 2.05) is 24.3 Å². The maximum absolute atomic E-state index is 12.1. The molecule has 2 aromatic rings. The Kier molecular flexibility index (Phi) is 6.42. The summed E-state index contributed by atoms with van der Waals surface area (Å²) in [6, 6.07) is 14.3. The van der Waals surface area contributed by atoms with Gasteiger partial charge in [0.2, 0.25) is 0 Å². The fourth-order valence-corrected chi connectivity index (χ4v) is 2.88. The van der Waals surface area contributed by atoms with Gasteiger partial charge < -0.3 is 0 Å². The lowest BCUT2D eigenvalue weighted by Crippen LogP contribution is -2.06. The molecule has 0 fully saturated rings. The van der Waals surface area contributed by atoms with Crippen molar-refractivity contribution in [1.29, 1.82) is 5.26 Å². The van der Waals surface area contributed by atoms with Crippen LogP contribution in [0.4, 0.5) is 5.69 Å². The molecule has 1 unspecified atom stereocenters. The normalized spacial score (nSPS) is 12.3. The van der Waals surface area contributed by atoms with Gasteiger partial charge in [0.05, 0.1) is 16.9 Å². The lowest BCUT2D eigenvalue weighted by Gasteiger charge is -2.12. The third kappa shape index (κ3) is 4.87. The number of Topliss-reactive ketones (excluding diaryl/α,β-unsaturated/α-hetero) is 1. The first-order valence-corrected chi connectivity index (χ1v) is 8.72. The molecule has 6 heteroatoms. The number of hydrogen-bond donors (Lipinski definition) is 0. The lowest BCUT2D eigenvalue weighted by molar-refractivity contribution is -0.385. The molecule has 0 N–H and O–H groups in total. The molecule has 0 aliphatic heterocycles. The van der Waals surface area contributed by atoms with Crippen LogP contribution in [0.2, 0.25) is 0 Å². The van der Waals surface area contributed by atoms with Crippen LogP contribution in [-0.2, 0) is 4.79 Å². The molecule has 0 spiro atoms. The Morgan fingerprint density at radius 3 is 2.50 bits per heavy atom. The van der Waals surface area contributed by atoms with Crippen molar-refractivity contribution in [2.45, 2.75) is 26.2 Å². The molecule has 0 saturated carbocycles. The van der Waals surface area contributed by atoms with E-state index in [2.05, 4.69) is 22.0 Å². The van der Waals surface area contributed by atoms with Crippen molar-refractivity contribution in [1.82, 2.24) is 0 Å². The average Bonchev–Trinajstić information content (AvgIpc) is 2.60. The van der Waals surface area contributed by atoms with Crippen molar-refractivity contribution < 1.29 is 9.72 Å². The predicted molar refractivity (Wildman–Crippen MR) is 104 cm³/mol. The van der Waals surface area contributed by atoms with E-state index in [0.29, 0.717) is 11.1 Å². The number of carbonyl (C=O) groups excluding carboxylic acids is 1. The van der Waals surface area contributed by atoms with E-state index in [-0.39, 0.29) is 17.9 Å². The number of carbonyl (C=O) groups is 1. The Hall–Kier alpha value is -2.78. The fraction of sp³-hybridized carbons (Fsp3) is 0.200. The highest BCUT2D eigenvalue weighted by Gasteiger charge is 2.24. The van der Waals surface area contributed by atoms with E-state index in [0.717, 1.165) is 15.6 Å². The van der Waals surface area contributed by atoms with Crippen molar-refractivity contribution in [3.8, 4) is 6.07 Å². The topological polar surface area (TPSA) is 84.0 Å². The largest absolute Gasteiger partial charge is 0.295 e. The highest BCUT2D eigenvalue weighted by atomic mass is 79.9. The summed E-state index contributed by atoms with van der Waals surface area (Å²) in [6.07, 6.45) is 1.84. The Morgan fingerprint density at radius 2 is 1.96 bits per heavy atom. The molecule has 1 atom stereocenters. The third-order valence-electron chi connectivity index (χ3n) is 4.00. The molecule has 0 heterocycles. The van der Waals surface area contributed by atoms with Crippen LogP contribution in [0.15, 0.2) is 52.5 Å². The second-order valence-corrected chi connectivity index (χ2v) is 6.90. The first-order chi connectivity index (χ1) is 12.3. The van der Waals surface area contributed by atoms with E-state index in [4.69, 9.17) is 0 Å². The van der Waals surface area contributed by atoms with Crippen LogP contribution in [0.3, 0.4) is 0 Å². The van der Waals surface area contributed by atoms with Crippen LogP contribution < -0.4 is 0 Å². The second-order valence-electron chi connectivity index (χ2n) is 5.98. The second kappa shape index (κ2) is 8.54. The van der Waals surface area contributed by atoms with Crippen molar-refractivity contribution >= 4 is 33.5 Å². The highest BCUT2D eigenvalue weighted by Crippen LogP contribution is 2.32. The summed E-state index contributed by atoms with van der Waals surface area (Å²) in [4.78, 5) is 22.9. The van der Waals surface area contributed by atoms with Crippen molar-refractivity contribution in [3.63, 3.8) is 0 Å². The summed E-state index contributed by atoms with van der Waals surface area (Å²) >= 11 is 3.36. The maximum atomic E-state index is 12.1. The smallest absolute Gasteiger partial charge is 0.274 e. The van der Waals surface area contributed by atoms with Crippen molar-refractivity contribution in [3.05, 3.63) is 79.3 Å². The molecule has 0 amide bonds. The first-order valence-electron chi connectivity index (χ1n) is 7.93. The van der Waals surface area contributed by atoms with E-state index in [9.17, 15) is 20.2 Å². The van der Waals surface area contributed by atoms with Gasteiger partial charge in [-0.2, -0.15) is 5.26 Å². The number of ketones is 1. The summed E-state index contributed by atoms with van der Waals surface area (Å²) in [5, 5.41) is 20.9. The van der Waals surface area contributed by atoms with E-state index >= 15 is 0 Å². The zero-order valence-corrected chi connectivity index (χ0v) is 16.0. The van der Waals surface area contributed by atoms with Gasteiger partial charge >= 0.3 is 0 Å². The molecule has 2 rings (SSSR count). The molecule has 0 aliphatic carbocycles. The molecular formula is C20H17BrN2O3. The minimum atomic E-state index is -0.776.